The summed E-state index contributed by atoms with van der Waals surface area (Å²) in [7, 11) is 0. The Morgan fingerprint density at radius 1 is 0.538 bits per heavy atom. The van der Waals surface area contributed by atoms with Crippen molar-refractivity contribution in [1.29, 1.82) is 0 Å². The number of nitrogens with zero attached hydrogens (tertiary/aromatic N) is 2. The monoisotopic (exact) mass is 352 g/mol. The maximum atomic E-state index is 3.63. The van der Waals surface area contributed by atoms with Crippen LogP contribution in [0.2, 0.25) is 0 Å². The molecule has 26 heavy (non-hydrogen) atoms. The zero-order valence-electron chi connectivity index (χ0n) is 15.7. The van der Waals surface area contributed by atoms with Crippen LogP contribution in [0.25, 0.3) is 0 Å². The van der Waals surface area contributed by atoms with E-state index in [0.29, 0.717) is 0 Å². The van der Waals surface area contributed by atoms with Crippen molar-refractivity contribution < 1.29 is 0 Å². The third kappa shape index (κ3) is 6.89. The molecule has 4 nitrogen and oxygen atoms in total. The normalized spacial score (nSPS) is 18.8. The number of rotatable bonds is 4. The molecule has 4 heteroatoms. The first-order valence-electron chi connectivity index (χ1n) is 9.84. The van der Waals surface area contributed by atoms with Gasteiger partial charge in [-0.1, -0.05) is 60.7 Å². The first kappa shape index (κ1) is 19.1. The van der Waals surface area contributed by atoms with Crippen LogP contribution in [0.1, 0.15) is 11.1 Å². The number of nitrogens with one attached hydrogen (secondary N) is 2. The summed E-state index contributed by atoms with van der Waals surface area (Å²) in [4.78, 5) is 5.08. The highest BCUT2D eigenvalue weighted by Gasteiger charge is 2.09. The van der Waals surface area contributed by atoms with E-state index in [1.165, 1.54) is 11.1 Å². The van der Waals surface area contributed by atoms with Crippen molar-refractivity contribution in [2.45, 2.75) is 13.1 Å². The minimum atomic E-state index is 1.03. The molecule has 0 spiro atoms. The summed E-state index contributed by atoms with van der Waals surface area (Å²) in [6.45, 7) is 10.6. The maximum Gasteiger partial charge on any atom is 0.0234 e. The van der Waals surface area contributed by atoms with Gasteiger partial charge in [0.05, 0.1) is 0 Å². The van der Waals surface area contributed by atoms with Crippen molar-refractivity contribution in [3.05, 3.63) is 71.8 Å². The van der Waals surface area contributed by atoms with Crippen LogP contribution in [-0.2, 0) is 13.1 Å². The minimum absolute atomic E-state index is 1.03. The van der Waals surface area contributed by atoms with Gasteiger partial charge >= 0.3 is 0 Å². The van der Waals surface area contributed by atoms with Gasteiger partial charge < -0.3 is 10.6 Å². The molecule has 0 unspecified atom stereocenters. The van der Waals surface area contributed by atoms with E-state index in [-0.39, 0.29) is 0 Å². The molecular weight excluding hydrogens is 320 g/mol. The second kappa shape index (κ2) is 11.1. The smallest absolute Gasteiger partial charge is 0.0234 e. The molecule has 1 aliphatic rings. The summed E-state index contributed by atoms with van der Waals surface area (Å²) in [5, 5.41) is 7.26. The highest BCUT2D eigenvalue weighted by molar-refractivity contribution is 5.15. The quantitative estimate of drug-likeness (QED) is 0.883. The molecule has 0 bridgehead atoms. The van der Waals surface area contributed by atoms with Crippen LogP contribution in [0.3, 0.4) is 0 Å². The fourth-order valence-electron chi connectivity index (χ4n) is 3.42. The lowest BCUT2D eigenvalue weighted by molar-refractivity contribution is 0.233. The van der Waals surface area contributed by atoms with Crippen LogP contribution >= 0.6 is 0 Å². The van der Waals surface area contributed by atoms with Gasteiger partial charge in [-0.25, -0.2) is 0 Å². The Labute approximate surface area is 158 Å². The van der Waals surface area contributed by atoms with Gasteiger partial charge in [0.2, 0.25) is 0 Å². The molecule has 1 saturated heterocycles. The van der Waals surface area contributed by atoms with Crippen molar-refractivity contribution >= 4 is 0 Å². The fourth-order valence-corrected chi connectivity index (χ4v) is 3.42. The van der Waals surface area contributed by atoms with Gasteiger partial charge in [0, 0.05) is 65.4 Å². The van der Waals surface area contributed by atoms with Crippen LogP contribution in [0.4, 0.5) is 0 Å². The predicted molar refractivity (Wildman–Crippen MR) is 109 cm³/mol. The number of hydrogen-bond donors (Lipinski definition) is 2. The molecule has 1 fully saturated rings. The van der Waals surface area contributed by atoms with Gasteiger partial charge in [-0.15, -0.1) is 0 Å². The molecular formula is C22H32N4. The van der Waals surface area contributed by atoms with Crippen LogP contribution in [0, 0.1) is 0 Å². The Balaban J connectivity index is 1.46. The zero-order chi connectivity index (χ0) is 17.9. The number of hydrogen-bond acceptors (Lipinski definition) is 4. The summed E-state index contributed by atoms with van der Waals surface area (Å²) in [5.41, 5.74) is 2.79. The van der Waals surface area contributed by atoms with E-state index in [9.17, 15) is 0 Å². The molecule has 1 heterocycles. The lowest BCUT2D eigenvalue weighted by Crippen LogP contribution is -2.42. The molecule has 2 N–H and O–H groups in total. The molecule has 140 valence electrons. The Hall–Kier alpha value is -1.72. The van der Waals surface area contributed by atoms with E-state index >= 15 is 0 Å². The Kier molecular flexibility index (Phi) is 8.13. The SMILES string of the molecule is c1ccc(CN2CCNCCN(Cc3ccccc3)CCNCC2)cc1. The second-order valence-corrected chi connectivity index (χ2v) is 7.02. The maximum absolute atomic E-state index is 3.63. The molecule has 0 aromatic heterocycles. The topological polar surface area (TPSA) is 30.5 Å². The van der Waals surface area contributed by atoms with E-state index in [0.717, 1.165) is 65.4 Å². The third-order valence-corrected chi connectivity index (χ3v) is 4.92. The zero-order valence-corrected chi connectivity index (χ0v) is 15.7. The molecule has 0 atom stereocenters. The Morgan fingerprint density at radius 2 is 0.885 bits per heavy atom. The second-order valence-electron chi connectivity index (χ2n) is 7.02. The van der Waals surface area contributed by atoms with Crippen molar-refractivity contribution in [3.63, 3.8) is 0 Å². The van der Waals surface area contributed by atoms with Crippen LogP contribution in [0.15, 0.2) is 60.7 Å². The molecule has 0 radical (unpaired) electrons. The predicted octanol–water partition coefficient (Wildman–Crippen LogP) is 2.18. The van der Waals surface area contributed by atoms with Crippen molar-refractivity contribution in [2.24, 2.45) is 0 Å². The van der Waals surface area contributed by atoms with Crippen molar-refractivity contribution in [2.75, 3.05) is 52.4 Å². The molecule has 0 amide bonds. The number of benzene rings is 2. The van der Waals surface area contributed by atoms with E-state index < -0.39 is 0 Å². The van der Waals surface area contributed by atoms with E-state index in [1.54, 1.807) is 0 Å². The highest BCUT2D eigenvalue weighted by Crippen LogP contribution is 2.05. The molecule has 1 aliphatic heterocycles. The summed E-state index contributed by atoms with van der Waals surface area (Å²) in [6, 6.07) is 21.6. The summed E-state index contributed by atoms with van der Waals surface area (Å²) >= 11 is 0. The van der Waals surface area contributed by atoms with Crippen LogP contribution < -0.4 is 10.6 Å². The van der Waals surface area contributed by atoms with E-state index in [4.69, 9.17) is 0 Å². The molecule has 0 saturated carbocycles. The fraction of sp³-hybridized carbons (Fsp3) is 0.455. The Bertz CT molecular complexity index is 535. The summed E-state index contributed by atoms with van der Waals surface area (Å²) in [6.07, 6.45) is 0. The first-order chi connectivity index (χ1) is 12.9. The third-order valence-electron chi connectivity index (χ3n) is 4.92. The lowest BCUT2D eigenvalue weighted by Gasteiger charge is -2.27. The van der Waals surface area contributed by atoms with E-state index in [1.807, 2.05) is 0 Å². The van der Waals surface area contributed by atoms with Crippen LogP contribution in [-0.4, -0.2) is 62.2 Å². The highest BCUT2D eigenvalue weighted by atomic mass is 15.2. The van der Waals surface area contributed by atoms with Crippen molar-refractivity contribution in [3.8, 4) is 0 Å². The van der Waals surface area contributed by atoms with E-state index in [2.05, 4.69) is 81.1 Å². The minimum Gasteiger partial charge on any atom is -0.314 e. The van der Waals surface area contributed by atoms with Gasteiger partial charge in [-0.3, -0.25) is 9.80 Å². The Morgan fingerprint density at radius 3 is 1.23 bits per heavy atom. The molecule has 2 aromatic carbocycles. The molecule has 2 aromatic rings. The standard InChI is InChI=1S/C22H32N4/c1-3-7-21(8-4-1)19-25-15-11-23-13-17-26(18-14-24-12-16-25)20-22-9-5-2-6-10-22/h1-10,23-24H,11-20H2. The largest absolute Gasteiger partial charge is 0.314 e. The van der Waals surface area contributed by atoms with Gasteiger partial charge in [-0.05, 0) is 11.1 Å². The van der Waals surface area contributed by atoms with Gasteiger partial charge in [0.1, 0.15) is 0 Å². The summed E-state index contributed by atoms with van der Waals surface area (Å²) < 4.78 is 0. The van der Waals surface area contributed by atoms with Crippen LogP contribution in [0.5, 0.6) is 0 Å². The summed E-state index contributed by atoms with van der Waals surface area (Å²) in [5.74, 6) is 0. The first-order valence-corrected chi connectivity index (χ1v) is 9.84. The lowest BCUT2D eigenvalue weighted by atomic mass is 10.2. The van der Waals surface area contributed by atoms with Gasteiger partial charge in [0.15, 0.2) is 0 Å². The van der Waals surface area contributed by atoms with Gasteiger partial charge in [0.25, 0.3) is 0 Å². The van der Waals surface area contributed by atoms with Crippen molar-refractivity contribution in [1.82, 2.24) is 20.4 Å². The van der Waals surface area contributed by atoms with Gasteiger partial charge in [-0.2, -0.15) is 0 Å². The average molecular weight is 353 g/mol. The molecule has 0 aliphatic carbocycles. The molecule has 3 rings (SSSR count). The average Bonchev–Trinajstić information content (AvgIpc) is 2.67.